The molecule has 1 aromatic carbocycles. The summed E-state index contributed by atoms with van der Waals surface area (Å²) in [4.78, 5) is 2.43. The van der Waals surface area contributed by atoms with Crippen LogP contribution in [0.3, 0.4) is 0 Å². The van der Waals surface area contributed by atoms with Gasteiger partial charge >= 0.3 is 0 Å². The number of methoxy groups -OCH3 is 1. The molecule has 0 aromatic heterocycles. The third-order valence-electron chi connectivity index (χ3n) is 3.71. The van der Waals surface area contributed by atoms with Crippen LogP contribution < -0.4 is 10.2 Å². The van der Waals surface area contributed by atoms with Gasteiger partial charge in [-0.15, -0.1) is 0 Å². The number of morpholine rings is 1. The van der Waals surface area contributed by atoms with Crippen molar-refractivity contribution in [2.45, 2.75) is 25.9 Å². The van der Waals surface area contributed by atoms with Crippen LogP contribution in [-0.2, 0) is 16.0 Å². The van der Waals surface area contributed by atoms with E-state index in [1.807, 2.05) is 0 Å². The molecular weight excluding hydrogens is 252 g/mol. The van der Waals surface area contributed by atoms with E-state index in [0.717, 1.165) is 39.5 Å². The summed E-state index contributed by atoms with van der Waals surface area (Å²) < 4.78 is 10.6. The molecule has 0 atom stereocenters. The summed E-state index contributed by atoms with van der Waals surface area (Å²) in [6.45, 7) is 9.53. The highest BCUT2D eigenvalue weighted by molar-refractivity contribution is 5.50. The highest BCUT2D eigenvalue weighted by Gasteiger charge is 2.30. The van der Waals surface area contributed by atoms with Crippen molar-refractivity contribution in [3.63, 3.8) is 0 Å². The normalized spacial score (nSPS) is 18.2. The summed E-state index contributed by atoms with van der Waals surface area (Å²) in [7, 11) is 1.72. The largest absolute Gasteiger partial charge is 0.383 e. The van der Waals surface area contributed by atoms with Gasteiger partial charge in [0.2, 0.25) is 0 Å². The molecule has 0 aliphatic carbocycles. The number of ether oxygens (including phenoxy) is 2. The molecule has 1 fully saturated rings. The SMILES string of the molecule is COCCNCc1ccc(N2CCOCC2(C)C)cc1. The van der Waals surface area contributed by atoms with E-state index in [1.54, 1.807) is 7.11 Å². The van der Waals surface area contributed by atoms with Crippen LogP contribution in [0.2, 0.25) is 0 Å². The molecule has 1 aliphatic heterocycles. The van der Waals surface area contributed by atoms with Gasteiger partial charge in [-0.2, -0.15) is 0 Å². The molecule has 1 heterocycles. The van der Waals surface area contributed by atoms with E-state index < -0.39 is 0 Å². The first kappa shape index (κ1) is 15.3. The Bertz CT molecular complexity index is 403. The lowest BCUT2D eigenvalue weighted by atomic mass is 10.0. The summed E-state index contributed by atoms with van der Waals surface area (Å²) >= 11 is 0. The Hall–Kier alpha value is -1.10. The van der Waals surface area contributed by atoms with Crippen molar-refractivity contribution < 1.29 is 9.47 Å². The van der Waals surface area contributed by atoms with E-state index in [4.69, 9.17) is 9.47 Å². The van der Waals surface area contributed by atoms with Gasteiger partial charge in [-0.1, -0.05) is 12.1 Å². The highest BCUT2D eigenvalue weighted by atomic mass is 16.5. The Kier molecular flexibility index (Phi) is 5.40. The number of hydrogen-bond acceptors (Lipinski definition) is 4. The van der Waals surface area contributed by atoms with E-state index in [1.165, 1.54) is 11.3 Å². The fourth-order valence-electron chi connectivity index (χ4n) is 2.54. The van der Waals surface area contributed by atoms with Crippen molar-refractivity contribution in [3.8, 4) is 0 Å². The quantitative estimate of drug-likeness (QED) is 0.807. The zero-order valence-corrected chi connectivity index (χ0v) is 12.8. The molecule has 0 amide bonds. The number of hydrogen-bond donors (Lipinski definition) is 1. The topological polar surface area (TPSA) is 33.7 Å². The van der Waals surface area contributed by atoms with Crippen molar-refractivity contribution >= 4 is 5.69 Å². The molecule has 0 spiro atoms. The third-order valence-corrected chi connectivity index (χ3v) is 3.71. The van der Waals surface area contributed by atoms with Gasteiger partial charge in [0, 0.05) is 32.4 Å². The molecule has 20 heavy (non-hydrogen) atoms. The summed E-state index contributed by atoms with van der Waals surface area (Å²) in [5.74, 6) is 0. The molecule has 4 nitrogen and oxygen atoms in total. The van der Waals surface area contributed by atoms with Crippen LogP contribution in [0, 0.1) is 0 Å². The van der Waals surface area contributed by atoms with Crippen molar-refractivity contribution in [2.75, 3.05) is 44.9 Å². The zero-order chi connectivity index (χ0) is 14.4. The fourth-order valence-corrected chi connectivity index (χ4v) is 2.54. The van der Waals surface area contributed by atoms with Crippen molar-refractivity contribution in [2.24, 2.45) is 0 Å². The number of rotatable bonds is 6. The van der Waals surface area contributed by atoms with Gasteiger partial charge in [0.25, 0.3) is 0 Å². The molecule has 112 valence electrons. The molecule has 1 aliphatic rings. The highest BCUT2D eigenvalue weighted by Crippen LogP contribution is 2.27. The molecule has 0 radical (unpaired) electrons. The van der Waals surface area contributed by atoms with E-state index in [2.05, 4.69) is 48.3 Å². The first-order chi connectivity index (χ1) is 9.63. The molecule has 0 bridgehead atoms. The van der Waals surface area contributed by atoms with Gasteiger partial charge in [-0.25, -0.2) is 0 Å². The Morgan fingerprint density at radius 3 is 2.70 bits per heavy atom. The Labute approximate surface area is 122 Å². The average Bonchev–Trinajstić information content (AvgIpc) is 2.44. The van der Waals surface area contributed by atoms with E-state index in [0.29, 0.717) is 0 Å². The molecule has 0 saturated carbocycles. The molecule has 1 aromatic rings. The monoisotopic (exact) mass is 278 g/mol. The minimum atomic E-state index is 0.0660. The molecule has 0 unspecified atom stereocenters. The minimum absolute atomic E-state index is 0.0660. The molecule has 1 N–H and O–H groups in total. The van der Waals surface area contributed by atoms with Crippen LogP contribution in [0.1, 0.15) is 19.4 Å². The van der Waals surface area contributed by atoms with Crippen LogP contribution in [0.4, 0.5) is 5.69 Å². The molecular formula is C16H26N2O2. The van der Waals surface area contributed by atoms with E-state index >= 15 is 0 Å². The second-order valence-corrected chi connectivity index (χ2v) is 5.85. The van der Waals surface area contributed by atoms with Gasteiger partial charge in [0.1, 0.15) is 0 Å². The van der Waals surface area contributed by atoms with Gasteiger partial charge in [-0.05, 0) is 31.5 Å². The zero-order valence-electron chi connectivity index (χ0n) is 12.8. The van der Waals surface area contributed by atoms with Crippen LogP contribution >= 0.6 is 0 Å². The van der Waals surface area contributed by atoms with Crippen LogP contribution in [0.5, 0.6) is 0 Å². The predicted octanol–water partition coefficient (Wildman–Crippen LogP) is 2.04. The van der Waals surface area contributed by atoms with Gasteiger partial charge in [0.05, 0.1) is 25.4 Å². The Morgan fingerprint density at radius 1 is 1.30 bits per heavy atom. The number of nitrogens with zero attached hydrogens (tertiary/aromatic N) is 1. The summed E-state index contributed by atoms with van der Waals surface area (Å²) in [6, 6.07) is 8.81. The predicted molar refractivity (Wildman–Crippen MR) is 82.3 cm³/mol. The second kappa shape index (κ2) is 7.07. The third kappa shape index (κ3) is 3.95. The van der Waals surface area contributed by atoms with Crippen molar-refractivity contribution in [1.29, 1.82) is 0 Å². The number of benzene rings is 1. The van der Waals surface area contributed by atoms with Gasteiger partial charge in [0.15, 0.2) is 0 Å². The first-order valence-corrected chi connectivity index (χ1v) is 7.27. The van der Waals surface area contributed by atoms with E-state index in [-0.39, 0.29) is 5.54 Å². The Balaban J connectivity index is 1.93. The Morgan fingerprint density at radius 2 is 2.05 bits per heavy atom. The lowest BCUT2D eigenvalue weighted by Gasteiger charge is -2.43. The first-order valence-electron chi connectivity index (χ1n) is 7.27. The summed E-state index contributed by atoms with van der Waals surface area (Å²) in [5.41, 5.74) is 2.64. The maximum absolute atomic E-state index is 5.57. The molecule has 4 heteroatoms. The number of nitrogens with one attached hydrogen (secondary N) is 1. The van der Waals surface area contributed by atoms with E-state index in [9.17, 15) is 0 Å². The minimum Gasteiger partial charge on any atom is -0.383 e. The van der Waals surface area contributed by atoms with Gasteiger partial charge in [-0.3, -0.25) is 0 Å². The second-order valence-electron chi connectivity index (χ2n) is 5.85. The maximum atomic E-state index is 5.57. The van der Waals surface area contributed by atoms with Crippen LogP contribution in [0.25, 0.3) is 0 Å². The van der Waals surface area contributed by atoms with Crippen LogP contribution in [-0.4, -0.2) is 45.6 Å². The average molecular weight is 278 g/mol. The van der Waals surface area contributed by atoms with Crippen LogP contribution in [0.15, 0.2) is 24.3 Å². The van der Waals surface area contributed by atoms with Crippen molar-refractivity contribution in [3.05, 3.63) is 29.8 Å². The maximum Gasteiger partial charge on any atom is 0.0694 e. The van der Waals surface area contributed by atoms with Gasteiger partial charge < -0.3 is 19.7 Å². The molecule has 1 saturated heterocycles. The molecule has 2 rings (SSSR count). The van der Waals surface area contributed by atoms with Crippen molar-refractivity contribution in [1.82, 2.24) is 5.32 Å². The summed E-state index contributed by atoms with van der Waals surface area (Å²) in [5, 5.41) is 3.36. The fraction of sp³-hybridized carbons (Fsp3) is 0.625. The standard InChI is InChI=1S/C16H26N2O2/c1-16(2)13-20-11-9-18(16)15-6-4-14(5-7-15)12-17-8-10-19-3/h4-7,17H,8-13H2,1-3H3. The summed E-state index contributed by atoms with van der Waals surface area (Å²) in [6.07, 6.45) is 0. The lowest BCUT2D eigenvalue weighted by molar-refractivity contribution is 0.0644. The lowest BCUT2D eigenvalue weighted by Crippen LogP contribution is -2.53. The number of anilines is 1. The smallest absolute Gasteiger partial charge is 0.0694 e.